The minimum atomic E-state index is -5.37. The zero-order valence-electron chi connectivity index (χ0n) is 19.6. The molecule has 0 aromatic heterocycles. The van der Waals surface area contributed by atoms with Gasteiger partial charge >= 0.3 is 0 Å². The Bertz CT molecular complexity index is 2280. The van der Waals surface area contributed by atoms with Gasteiger partial charge in [0, 0.05) is 22.2 Å². The predicted molar refractivity (Wildman–Crippen MR) is 139 cm³/mol. The summed E-state index contributed by atoms with van der Waals surface area (Å²) in [6, 6.07) is 4.97. The molecule has 0 aliphatic carbocycles. The van der Waals surface area contributed by atoms with Gasteiger partial charge < -0.3 is 15.9 Å². The number of rotatable bonds is 6. The predicted octanol–water partition coefficient (Wildman–Crippen LogP) is 2.39. The van der Waals surface area contributed by atoms with Crippen molar-refractivity contribution in [1.82, 2.24) is 0 Å². The van der Waals surface area contributed by atoms with Crippen molar-refractivity contribution in [2.75, 3.05) is 5.73 Å². The van der Waals surface area contributed by atoms with Crippen molar-refractivity contribution in [3.63, 3.8) is 0 Å². The van der Waals surface area contributed by atoms with E-state index in [1.807, 2.05) is 0 Å². The third kappa shape index (κ3) is 5.51. The molecule has 4 aromatic carbocycles. The topological polar surface area (TPSA) is 309 Å². The van der Waals surface area contributed by atoms with Crippen LogP contribution in [0.4, 0.5) is 17.1 Å². The van der Waals surface area contributed by atoms with Crippen LogP contribution in [0.25, 0.3) is 21.5 Å². The maximum atomic E-state index is 12.3. The van der Waals surface area contributed by atoms with E-state index < -0.39 is 110 Å². The average Bonchev–Trinajstić information content (AvgIpc) is 2.80. The first-order valence-corrected chi connectivity index (χ1v) is 16.1. The Labute approximate surface area is 230 Å². The summed E-state index contributed by atoms with van der Waals surface area (Å²) in [6.45, 7) is 0. The Kier molecular flexibility index (Phi) is 7.00. The Hall–Kier alpha value is -3.96. The first kappa shape index (κ1) is 30.0. The lowest BCUT2D eigenvalue weighted by Crippen LogP contribution is -2.04. The quantitative estimate of drug-likeness (QED) is 0.0895. The molecule has 8 N–H and O–H groups in total. The molecule has 0 aliphatic heterocycles. The van der Waals surface area contributed by atoms with Crippen molar-refractivity contribution in [1.29, 1.82) is 0 Å². The molecule has 0 fully saturated rings. The van der Waals surface area contributed by atoms with Crippen LogP contribution in [0.2, 0.25) is 0 Å². The summed E-state index contributed by atoms with van der Waals surface area (Å²) in [5.74, 6) is -1.78. The summed E-state index contributed by atoms with van der Waals surface area (Å²) >= 11 is 0. The van der Waals surface area contributed by atoms with Crippen LogP contribution in [0.3, 0.4) is 0 Å². The van der Waals surface area contributed by atoms with Crippen molar-refractivity contribution in [3.8, 4) is 11.5 Å². The summed E-state index contributed by atoms with van der Waals surface area (Å²) in [7, 11) is -20.5. The Morgan fingerprint density at radius 2 is 1.22 bits per heavy atom. The number of phenols is 2. The SMILES string of the molecule is Nc1c(N=Nc2ccc3c(S(=O)(=O)O)ccc(O)c3c2S(=O)(=O)O)c(S(=O)(=O)O)cc2cc(S(=O)(=O)O)cc(O)c12. The molecule has 0 aliphatic rings. The van der Waals surface area contributed by atoms with Gasteiger partial charge in [-0.25, -0.2) is 0 Å². The number of nitrogen functional groups attached to an aromatic ring is 1. The van der Waals surface area contributed by atoms with Crippen LogP contribution in [0.15, 0.2) is 72.3 Å². The van der Waals surface area contributed by atoms with Crippen LogP contribution in [-0.2, 0) is 40.5 Å². The number of nitrogens with zero attached hydrogens (tertiary/aromatic N) is 2. The van der Waals surface area contributed by atoms with E-state index in [9.17, 15) is 62.1 Å². The van der Waals surface area contributed by atoms with Crippen LogP contribution in [-0.4, -0.2) is 62.1 Å². The van der Waals surface area contributed by atoms with Gasteiger partial charge in [-0.1, -0.05) is 6.07 Å². The molecule has 21 heteroatoms. The highest BCUT2D eigenvalue weighted by atomic mass is 32.2. The second-order valence-corrected chi connectivity index (χ2v) is 13.8. The number of azo groups is 1. The highest BCUT2D eigenvalue weighted by molar-refractivity contribution is 7.87. The maximum absolute atomic E-state index is 12.3. The van der Waals surface area contributed by atoms with Crippen LogP contribution < -0.4 is 5.73 Å². The fourth-order valence-corrected chi connectivity index (χ4v) is 6.71. The zero-order chi connectivity index (χ0) is 30.9. The second-order valence-electron chi connectivity index (χ2n) is 8.20. The molecule has 0 spiro atoms. The number of fused-ring (bicyclic) bond motifs is 2. The summed E-state index contributed by atoms with van der Waals surface area (Å²) in [4.78, 5) is -4.07. The summed E-state index contributed by atoms with van der Waals surface area (Å²) < 4.78 is 134. The number of hydrogen-bond acceptors (Lipinski definition) is 13. The van der Waals surface area contributed by atoms with Gasteiger partial charge in [0.2, 0.25) is 0 Å². The lowest BCUT2D eigenvalue weighted by molar-refractivity contribution is 0.471. The molecule has 0 heterocycles. The molecule has 0 radical (unpaired) electrons. The first-order valence-electron chi connectivity index (χ1n) is 10.3. The number of nitrogens with two attached hydrogens (primary N) is 1. The van der Waals surface area contributed by atoms with E-state index in [0.29, 0.717) is 24.3 Å². The van der Waals surface area contributed by atoms with Crippen LogP contribution in [0.5, 0.6) is 11.5 Å². The monoisotopic (exact) mass is 649 g/mol. The molecule has 41 heavy (non-hydrogen) atoms. The van der Waals surface area contributed by atoms with Gasteiger partial charge in [0.1, 0.15) is 37.6 Å². The fourth-order valence-electron chi connectivity index (χ4n) is 3.97. The van der Waals surface area contributed by atoms with E-state index in [0.717, 1.165) is 18.2 Å². The highest BCUT2D eigenvalue weighted by Crippen LogP contribution is 2.45. The Balaban J connectivity index is 2.09. The van der Waals surface area contributed by atoms with Crippen LogP contribution in [0.1, 0.15) is 0 Å². The molecule has 0 bridgehead atoms. The van der Waals surface area contributed by atoms with Crippen molar-refractivity contribution in [3.05, 3.63) is 42.5 Å². The Morgan fingerprint density at radius 3 is 1.76 bits per heavy atom. The van der Waals surface area contributed by atoms with Gasteiger partial charge in [0.05, 0.1) is 10.6 Å². The van der Waals surface area contributed by atoms with Gasteiger partial charge in [0.15, 0.2) is 0 Å². The molecule has 4 aromatic rings. The number of benzene rings is 4. The summed E-state index contributed by atoms with van der Waals surface area (Å²) in [6.07, 6.45) is 0. The average molecular weight is 650 g/mol. The lowest BCUT2D eigenvalue weighted by Gasteiger charge is -2.13. The van der Waals surface area contributed by atoms with E-state index in [2.05, 4.69) is 10.2 Å². The van der Waals surface area contributed by atoms with Gasteiger partial charge in [-0.05, 0) is 35.7 Å². The molecule has 0 saturated heterocycles. The summed E-state index contributed by atoms with van der Waals surface area (Å²) in [5, 5.41) is 25.5. The Morgan fingerprint density at radius 1 is 0.610 bits per heavy atom. The zero-order valence-corrected chi connectivity index (χ0v) is 22.9. The van der Waals surface area contributed by atoms with Gasteiger partial charge in [-0.3, -0.25) is 18.2 Å². The number of anilines is 1. The first-order chi connectivity index (χ1) is 18.6. The van der Waals surface area contributed by atoms with Crippen molar-refractivity contribution >= 4 is 79.1 Å². The highest BCUT2D eigenvalue weighted by Gasteiger charge is 2.28. The van der Waals surface area contributed by atoms with E-state index in [-0.39, 0.29) is 0 Å². The molecule has 0 unspecified atom stereocenters. The minimum Gasteiger partial charge on any atom is -0.507 e. The second kappa shape index (κ2) is 9.56. The van der Waals surface area contributed by atoms with Gasteiger partial charge in [-0.2, -0.15) is 33.7 Å². The smallest absolute Gasteiger partial charge is 0.297 e. The van der Waals surface area contributed by atoms with Gasteiger partial charge in [0.25, 0.3) is 40.5 Å². The van der Waals surface area contributed by atoms with E-state index in [1.165, 1.54) is 0 Å². The largest absolute Gasteiger partial charge is 0.507 e. The lowest BCUT2D eigenvalue weighted by atomic mass is 10.1. The minimum absolute atomic E-state index is 0.409. The third-order valence-electron chi connectivity index (χ3n) is 5.59. The van der Waals surface area contributed by atoms with E-state index in [1.54, 1.807) is 0 Å². The normalized spacial score (nSPS) is 13.4. The van der Waals surface area contributed by atoms with Gasteiger partial charge in [-0.15, -0.1) is 10.2 Å². The van der Waals surface area contributed by atoms with E-state index >= 15 is 0 Å². The maximum Gasteiger partial charge on any atom is 0.297 e. The molecule has 4 rings (SSSR count). The molecular weight excluding hydrogens is 634 g/mol. The molecular formula is C20H15N3O14S4. The molecule has 17 nitrogen and oxygen atoms in total. The summed E-state index contributed by atoms with van der Waals surface area (Å²) in [5.41, 5.74) is 3.48. The third-order valence-corrected chi connectivity index (χ3v) is 9.13. The standard InChI is InChI=1S/C20H15N3O14S4/c21-18-16-8(5-9(7-13(16)25)38(26,27)28)6-15(40(32,33)34)19(18)23-22-11-2-1-10-14(39(29,30)31)4-3-12(24)17(10)20(11)41(35,36)37/h1-7,24-25H,21H2,(H,26,27,28)(H,29,30,31)(H,32,33,34)(H,35,36,37). The number of aromatic hydroxyl groups is 2. The number of phenolic OH excluding ortho intramolecular Hbond substituents is 2. The van der Waals surface area contributed by atoms with Crippen LogP contribution in [0, 0.1) is 0 Å². The van der Waals surface area contributed by atoms with Crippen molar-refractivity contribution < 1.29 is 62.1 Å². The fraction of sp³-hybridized carbons (Fsp3) is 0. The molecule has 0 atom stereocenters. The van der Waals surface area contributed by atoms with Crippen LogP contribution >= 0.6 is 0 Å². The number of hydrogen-bond donors (Lipinski definition) is 7. The molecule has 218 valence electrons. The van der Waals surface area contributed by atoms with Crippen molar-refractivity contribution in [2.45, 2.75) is 19.6 Å². The molecule has 0 saturated carbocycles. The van der Waals surface area contributed by atoms with E-state index in [4.69, 9.17) is 5.73 Å². The molecule has 0 amide bonds. The van der Waals surface area contributed by atoms with Crippen molar-refractivity contribution in [2.24, 2.45) is 10.2 Å².